The van der Waals surface area contributed by atoms with E-state index in [2.05, 4.69) is 4.98 Å². The van der Waals surface area contributed by atoms with Gasteiger partial charge in [-0.3, -0.25) is 4.79 Å². The molecule has 0 bridgehead atoms. The third-order valence-corrected chi connectivity index (χ3v) is 4.76. The van der Waals surface area contributed by atoms with Crippen LogP contribution >= 0.6 is 11.3 Å². The molecule has 5 nitrogen and oxygen atoms in total. The minimum absolute atomic E-state index is 0.0554. The van der Waals surface area contributed by atoms with E-state index in [4.69, 9.17) is 9.47 Å². The second kappa shape index (κ2) is 8.98. The lowest BCUT2D eigenvalue weighted by Crippen LogP contribution is -2.02. The van der Waals surface area contributed by atoms with Gasteiger partial charge in [0.15, 0.2) is 0 Å². The van der Waals surface area contributed by atoms with Crippen LogP contribution in [0.25, 0.3) is 6.08 Å². The number of methoxy groups -OCH3 is 1. The minimum atomic E-state index is -0.347. The van der Waals surface area contributed by atoms with Crippen LogP contribution in [-0.4, -0.2) is 17.9 Å². The van der Waals surface area contributed by atoms with E-state index in [0.29, 0.717) is 23.7 Å². The number of nitriles is 1. The van der Waals surface area contributed by atoms with Crippen LogP contribution in [0.5, 0.6) is 11.5 Å². The molecule has 0 radical (unpaired) electrons. The van der Waals surface area contributed by atoms with Crippen molar-refractivity contribution in [2.75, 3.05) is 7.11 Å². The van der Waals surface area contributed by atoms with Crippen molar-refractivity contribution in [3.8, 4) is 17.6 Å². The standard InChI is InChI=1S/C22H18N2O3S/c1-15-24-19(14-28-15)13-27-20-8-6-16(7-9-20)10-18(12-23)22(25)17-4-3-5-21(11-17)26-2/h3-11,14H,13H2,1-2H3/b18-10+. The summed E-state index contributed by atoms with van der Waals surface area (Å²) in [6, 6.07) is 15.9. The number of thiazole rings is 1. The highest BCUT2D eigenvalue weighted by atomic mass is 32.1. The van der Waals surface area contributed by atoms with Crippen molar-refractivity contribution >= 4 is 23.2 Å². The lowest BCUT2D eigenvalue weighted by atomic mass is 10.0. The van der Waals surface area contributed by atoms with Gasteiger partial charge in [0.1, 0.15) is 29.7 Å². The van der Waals surface area contributed by atoms with Gasteiger partial charge in [0.25, 0.3) is 0 Å². The Morgan fingerprint density at radius 3 is 2.64 bits per heavy atom. The molecular weight excluding hydrogens is 372 g/mol. The first-order valence-electron chi connectivity index (χ1n) is 8.53. The van der Waals surface area contributed by atoms with Gasteiger partial charge >= 0.3 is 0 Å². The fourth-order valence-electron chi connectivity index (χ4n) is 2.53. The van der Waals surface area contributed by atoms with E-state index < -0.39 is 0 Å². The number of rotatable bonds is 7. The lowest BCUT2D eigenvalue weighted by Gasteiger charge is -2.05. The van der Waals surface area contributed by atoms with Crippen molar-refractivity contribution in [3.05, 3.63) is 81.3 Å². The number of nitrogens with zero attached hydrogens (tertiary/aromatic N) is 2. The molecule has 0 aliphatic heterocycles. The maximum absolute atomic E-state index is 12.6. The number of Topliss-reactive ketones (excluding diaryl/α,β-unsaturated/α-hetero) is 1. The van der Waals surface area contributed by atoms with E-state index in [1.165, 1.54) is 7.11 Å². The molecule has 0 unspecified atom stereocenters. The number of aromatic nitrogens is 1. The minimum Gasteiger partial charge on any atom is -0.497 e. The Bertz CT molecular complexity index is 1050. The van der Waals surface area contributed by atoms with E-state index >= 15 is 0 Å². The maximum atomic E-state index is 12.6. The van der Waals surface area contributed by atoms with Crippen LogP contribution in [0.1, 0.15) is 26.6 Å². The van der Waals surface area contributed by atoms with Crippen LogP contribution in [0, 0.1) is 18.3 Å². The molecule has 0 saturated heterocycles. The van der Waals surface area contributed by atoms with Gasteiger partial charge in [-0.1, -0.05) is 24.3 Å². The number of allylic oxidation sites excluding steroid dienone is 1. The molecule has 0 atom stereocenters. The quantitative estimate of drug-likeness (QED) is 0.328. The topological polar surface area (TPSA) is 72.2 Å². The molecule has 3 rings (SSSR count). The number of hydrogen-bond acceptors (Lipinski definition) is 6. The fraction of sp³-hybridized carbons (Fsp3) is 0.136. The summed E-state index contributed by atoms with van der Waals surface area (Å²) >= 11 is 1.59. The van der Waals surface area contributed by atoms with E-state index in [9.17, 15) is 10.1 Å². The molecule has 0 aliphatic carbocycles. The molecule has 0 fully saturated rings. The molecule has 1 heterocycles. The Balaban J connectivity index is 1.71. The van der Waals surface area contributed by atoms with Crippen molar-refractivity contribution in [2.45, 2.75) is 13.5 Å². The molecule has 28 heavy (non-hydrogen) atoms. The average Bonchev–Trinajstić information content (AvgIpc) is 3.16. The predicted octanol–water partition coefficient (Wildman–Crippen LogP) is 4.83. The smallest absolute Gasteiger partial charge is 0.203 e. The number of carbonyl (C=O) groups is 1. The zero-order valence-corrected chi connectivity index (χ0v) is 16.3. The van der Waals surface area contributed by atoms with Crippen molar-refractivity contribution in [3.63, 3.8) is 0 Å². The first kappa shape index (κ1) is 19.3. The third-order valence-electron chi connectivity index (χ3n) is 3.94. The van der Waals surface area contributed by atoms with E-state index in [1.54, 1.807) is 65.9 Å². The maximum Gasteiger partial charge on any atom is 0.203 e. The van der Waals surface area contributed by atoms with Crippen molar-refractivity contribution in [1.29, 1.82) is 5.26 Å². The fourth-order valence-corrected chi connectivity index (χ4v) is 3.12. The third kappa shape index (κ3) is 4.84. The van der Waals surface area contributed by atoms with Gasteiger partial charge in [0.05, 0.1) is 17.8 Å². The lowest BCUT2D eigenvalue weighted by molar-refractivity contribution is 0.103. The van der Waals surface area contributed by atoms with Gasteiger partial charge in [0, 0.05) is 10.9 Å². The Kier molecular flexibility index (Phi) is 6.20. The highest BCUT2D eigenvalue weighted by Gasteiger charge is 2.13. The number of ether oxygens (including phenoxy) is 2. The second-order valence-corrected chi connectivity index (χ2v) is 7.01. The van der Waals surface area contributed by atoms with E-state index in [0.717, 1.165) is 16.3 Å². The predicted molar refractivity (Wildman–Crippen MR) is 109 cm³/mol. The summed E-state index contributed by atoms with van der Waals surface area (Å²) in [7, 11) is 1.53. The summed E-state index contributed by atoms with van der Waals surface area (Å²) in [4.78, 5) is 17.0. The number of benzene rings is 2. The van der Waals surface area contributed by atoms with Crippen molar-refractivity contribution in [1.82, 2.24) is 4.98 Å². The highest BCUT2D eigenvalue weighted by Crippen LogP contribution is 2.20. The Morgan fingerprint density at radius 1 is 1.21 bits per heavy atom. The van der Waals surface area contributed by atoms with Crippen LogP contribution in [-0.2, 0) is 6.61 Å². The summed E-state index contributed by atoms with van der Waals surface area (Å²) in [6.07, 6.45) is 1.56. The SMILES string of the molecule is COc1cccc(C(=O)/C(C#N)=C/c2ccc(OCc3csc(C)n3)cc2)c1. The summed E-state index contributed by atoms with van der Waals surface area (Å²) < 4.78 is 10.8. The van der Waals surface area contributed by atoms with Gasteiger partial charge < -0.3 is 9.47 Å². The number of hydrogen-bond donors (Lipinski definition) is 0. The van der Waals surface area contributed by atoms with Gasteiger partial charge in [0.2, 0.25) is 5.78 Å². The highest BCUT2D eigenvalue weighted by molar-refractivity contribution is 7.09. The van der Waals surface area contributed by atoms with Crippen LogP contribution in [0.2, 0.25) is 0 Å². The van der Waals surface area contributed by atoms with Crippen molar-refractivity contribution in [2.24, 2.45) is 0 Å². The Morgan fingerprint density at radius 2 is 2.00 bits per heavy atom. The van der Waals surface area contributed by atoms with Crippen LogP contribution in [0.4, 0.5) is 0 Å². The molecule has 2 aromatic carbocycles. The average molecular weight is 390 g/mol. The molecule has 0 spiro atoms. The van der Waals surface area contributed by atoms with Crippen LogP contribution < -0.4 is 9.47 Å². The monoisotopic (exact) mass is 390 g/mol. The largest absolute Gasteiger partial charge is 0.497 e. The number of carbonyl (C=O) groups excluding carboxylic acids is 1. The van der Waals surface area contributed by atoms with Gasteiger partial charge in [-0.05, 0) is 42.8 Å². The molecule has 140 valence electrons. The van der Waals surface area contributed by atoms with E-state index in [1.807, 2.05) is 18.4 Å². The normalized spacial score (nSPS) is 11.0. The Labute approximate surface area is 167 Å². The molecule has 0 amide bonds. The molecular formula is C22H18N2O3S. The molecule has 0 aliphatic rings. The van der Waals surface area contributed by atoms with Gasteiger partial charge in [-0.25, -0.2) is 4.98 Å². The summed E-state index contributed by atoms with van der Waals surface area (Å²) in [5.74, 6) is 0.918. The summed E-state index contributed by atoms with van der Waals surface area (Å²) in [6.45, 7) is 2.35. The molecule has 0 N–H and O–H groups in total. The first-order chi connectivity index (χ1) is 13.6. The van der Waals surface area contributed by atoms with Gasteiger partial charge in [-0.15, -0.1) is 11.3 Å². The first-order valence-corrected chi connectivity index (χ1v) is 9.41. The summed E-state index contributed by atoms with van der Waals surface area (Å²) in [5, 5.41) is 12.4. The van der Waals surface area contributed by atoms with Crippen molar-refractivity contribution < 1.29 is 14.3 Å². The summed E-state index contributed by atoms with van der Waals surface area (Å²) in [5.41, 5.74) is 2.09. The molecule has 0 saturated carbocycles. The second-order valence-electron chi connectivity index (χ2n) is 5.95. The molecule has 1 aromatic heterocycles. The van der Waals surface area contributed by atoms with Crippen LogP contribution in [0.3, 0.4) is 0 Å². The molecule has 6 heteroatoms. The number of ketones is 1. The van der Waals surface area contributed by atoms with Gasteiger partial charge in [-0.2, -0.15) is 5.26 Å². The Hall–Kier alpha value is -3.43. The van der Waals surface area contributed by atoms with E-state index in [-0.39, 0.29) is 11.4 Å². The zero-order chi connectivity index (χ0) is 19.9. The number of aryl methyl sites for hydroxylation is 1. The van der Waals surface area contributed by atoms with Crippen LogP contribution in [0.15, 0.2) is 59.5 Å². The molecule has 3 aromatic rings. The zero-order valence-electron chi connectivity index (χ0n) is 15.5.